The first-order chi connectivity index (χ1) is 9.81. The lowest BCUT2D eigenvalue weighted by atomic mass is 10.3. The standard InChI is InChI=1S/C14H23N3O3S/c1-8(2)20-11-10(15)12(13(19)16(3)4)21-14(11)17-6-5-9(18)7-17/h8-9,18H,5-7,15H2,1-4H3. The molecule has 0 spiro atoms. The van der Waals surface area contributed by atoms with Crippen LogP contribution in [-0.4, -0.2) is 55.3 Å². The van der Waals surface area contributed by atoms with Gasteiger partial charge >= 0.3 is 0 Å². The molecule has 2 heterocycles. The predicted molar refractivity (Wildman–Crippen MR) is 85.3 cm³/mol. The summed E-state index contributed by atoms with van der Waals surface area (Å²) in [4.78, 5) is 16.3. The van der Waals surface area contributed by atoms with Gasteiger partial charge in [0.15, 0.2) is 5.75 Å². The molecule has 1 aromatic rings. The molecule has 1 saturated heterocycles. The van der Waals surface area contributed by atoms with E-state index >= 15 is 0 Å². The summed E-state index contributed by atoms with van der Waals surface area (Å²) < 4.78 is 5.83. The predicted octanol–water partition coefficient (Wildman–Crippen LogP) is 1.39. The van der Waals surface area contributed by atoms with Gasteiger partial charge in [0.2, 0.25) is 0 Å². The van der Waals surface area contributed by atoms with Crippen molar-refractivity contribution in [3.63, 3.8) is 0 Å². The number of anilines is 2. The van der Waals surface area contributed by atoms with Crippen LogP contribution in [-0.2, 0) is 0 Å². The van der Waals surface area contributed by atoms with Crippen LogP contribution < -0.4 is 15.4 Å². The fraction of sp³-hybridized carbons (Fsp3) is 0.643. The normalized spacial score (nSPS) is 18.4. The highest BCUT2D eigenvalue weighted by molar-refractivity contribution is 7.19. The summed E-state index contributed by atoms with van der Waals surface area (Å²) in [6, 6.07) is 0. The minimum atomic E-state index is -0.340. The van der Waals surface area contributed by atoms with Crippen LogP contribution in [0, 0.1) is 0 Å². The molecule has 6 nitrogen and oxygen atoms in total. The summed E-state index contributed by atoms with van der Waals surface area (Å²) in [5, 5.41) is 10.6. The third kappa shape index (κ3) is 3.24. The zero-order valence-corrected chi connectivity index (χ0v) is 13.7. The summed E-state index contributed by atoms with van der Waals surface area (Å²) >= 11 is 1.34. The van der Waals surface area contributed by atoms with E-state index in [1.165, 1.54) is 16.2 Å². The molecular formula is C14H23N3O3S. The van der Waals surface area contributed by atoms with Crippen LogP contribution in [0.25, 0.3) is 0 Å². The first kappa shape index (κ1) is 15.9. The van der Waals surface area contributed by atoms with Gasteiger partial charge < -0.3 is 25.4 Å². The van der Waals surface area contributed by atoms with E-state index in [9.17, 15) is 9.90 Å². The van der Waals surface area contributed by atoms with Crippen molar-refractivity contribution in [3.8, 4) is 5.75 Å². The molecule has 2 rings (SSSR count). The number of β-amino-alcohol motifs (C(OH)–C–C–N with tert-alkyl or cyclic N) is 1. The molecule has 1 aromatic heterocycles. The van der Waals surface area contributed by atoms with Crippen LogP contribution in [0.3, 0.4) is 0 Å². The van der Waals surface area contributed by atoms with E-state index in [1.54, 1.807) is 14.1 Å². The number of carbonyl (C=O) groups excluding carboxylic acids is 1. The minimum absolute atomic E-state index is 0.0320. The average Bonchev–Trinajstić information content (AvgIpc) is 2.94. The van der Waals surface area contributed by atoms with Crippen molar-refractivity contribution in [2.24, 2.45) is 0 Å². The van der Waals surface area contributed by atoms with Crippen molar-refractivity contribution in [2.45, 2.75) is 32.5 Å². The van der Waals surface area contributed by atoms with E-state index in [2.05, 4.69) is 0 Å². The monoisotopic (exact) mass is 313 g/mol. The van der Waals surface area contributed by atoms with Crippen molar-refractivity contribution in [2.75, 3.05) is 37.8 Å². The van der Waals surface area contributed by atoms with Gasteiger partial charge in [-0.05, 0) is 20.3 Å². The molecule has 0 saturated carbocycles. The van der Waals surface area contributed by atoms with Gasteiger partial charge in [0, 0.05) is 27.2 Å². The molecule has 0 bridgehead atoms. The third-order valence-electron chi connectivity index (χ3n) is 3.29. The van der Waals surface area contributed by atoms with Crippen LogP contribution >= 0.6 is 11.3 Å². The van der Waals surface area contributed by atoms with Crippen LogP contribution in [0.5, 0.6) is 5.75 Å². The topological polar surface area (TPSA) is 79.0 Å². The molecule has 1 aliphatic heterocycles. The number of nitrogens with zero attached hydrogens (tertiary/aromatic N) is 2. The third-order valence-corrected chi connectivity index (χ3v) is 4.52. The van der Waals surface area contributed by atoms with Gasteiger partial charge in [0.05, 0.1) is 12.2 Å². The maximum absolute atomic E-state index is 12.2. The minimum Gasteiger partial charge on any atom is -0.486 e. The number of hydrogen-bond donors (Lipinski definition) is 2. The molecule has 1 aliphatic rings. The number of nitrogen functional groups attached to an aromatic ring is 1. The Morgan fingerprint density at radius 3 is 2.67 bits per heavy atom. The number of ether oxygens (including phenoxy) is 1. The molecule has 0 aromatic carbocycles. The number of thiophene rings is 1. The Kier molecular flexibility index (Phi) is 4.63. The van der Waals surface area contributed by atoms with Crippen molar-refractivity contribution in [1.82, 2.24) is 4.90 Å². The molecule has 7 heteroatoms. The molecule has 0 radical (unpaired) electrons. The van der Waals surface area contributed by atoms with Crippen LogP contribution in [0.4, 0.5) is 10.7 Å². The fourth-order valence-electron chi connectivity index (χ4n) is 2.26. The van der Waals surface area contributed by atoms with Gasteiger partial charge in [-0.2, -0.15) is 0 Å². The van der Waals surface area contributed by atoms with E-state index in [4.69, 9.17) is 10.5 Å². The number of aliphatic hydroxyl groups is 1. The van der Waals surface area contributed by atoms with Crippen molar-refractivity contribution < 1.29 is 14.6 Å². The van der Waals surface area contributed by atoms with Crippen molar-refractivity contribution in [1.29, 1.82) is 0 Å². The number of nitrogens with two attached hydrogens (primary N) is 1. The molecule has 1 unspecified atom stereocenters. The molecule has 1 fully saturated rings. The average molecular weight is 313 g/mol. The van der Waals surface area contributed by atoms with Crippen LogP contribution in [0.1, 0.15) is 29.9 Å². The zero-order chi connectivity index (χ0) is 15.7. The molecule has 21 heavy (non-hydrogen) atoms. The number of aliphatic hydroxyl groups excluding tert-OH is 1. The summed E-state index contributed by atoms with van der Waals surface area (Å²) in [5.41, 5.74) is 6.53. The Labute approximate surface area is 129 Å². The highest BCUT2D eigenvalue weighted by atomic mass is 32.1. The van der Waals surface area contributed by atoms with E-state index in [0.29, 0.717) is 22.9 Å². The second kappa shape index (κ2) is 6.11. The van der Waals surface area contributed by atoms with E-state index in [1.807, 2.05) is 18.7 Å². The SMILES string of the molecule is CC(C)Oc1c(N2CCC(O)C2)sc(C(=O)N(C)C)c1N. The molecule has 1 atom stereocenters. The van der Waals surface area contributed by atoms with E-state index in [0.717, 1.165) is 18.0 Å². The smallest absolute Gasteiger partial charge is 0.265 e. The number of carbonyl (C=O) groups is 1. The molecule has 0 aliphatic carbocycles. The van der Waals surface area contributed by atoms with Crippen LogP contribution in [0.15, 0.2) is 0 Å². The summed E-state index contributed by atoms with van der Waals surface area (Å²) in [5.74, 6) is 0.436. The van der Waals surface area contributed by atoms with Crippen molar-refractivity contribution >= 4 is 27.9 Å². The van der Waals surface area contributed by atoms with Gasteiger partial charge in [0.25, 0.3) is 5.91 Å². The summed E-state index contributed by atoms with van der Waals surface area (Å²) in [6.45, 7) is 5.13. The Hall–Kier alpha value is -1.47. The van der Waals surface area contributed by atoms with Gasteiger partial charge in [-0.3, -0.25) is 4.79 Å². The Morgan fingerprint density at radius 1 is 1.52 bits per heavy atom. The number of hydrogen-bond acceptors (Lipinski definition) is 6. The van der Waals surface area contributed by atoms with Gasteiger partial charge in [-0.15, -0.1) is 11.3 Å². The van der Waals surface area contributed by atoms with Crippen molar-refractivity contribution in [3.05, 3.63) is 4.88 Å². The van der Waals surface area contributed by atoms with Gasteiger partial charge in [0.1, 0.15) is 15.6 Å². The lowest BCUT2D eigenvalue weighted by molar-refractivity contribution is 0.0832. The number of amides is 1. The first-order valence-electron chi connectivity index (χ1n) is 7.04. The van der Waals surface area contributed by atoms with E-state index in [-0.39, 0.29) is 18.1 Å². The van der Waals surface area contributed by atoms with Gasteiger partial charge in [-0.1, -0.05) is 0 Å². The van der Waals surface area contributed by atoms with Crippen LogP contribution in [0.2, 0.25) is 0 Å². The second-order valence-corrected chi connectivity index (χ2v) is 6.73. The number of rotatable bonds is 4. The fourth-order valence-corrected chi connectivity index (χ4v) is 3.47. The summed E-state index contributed by atoms with van der Waals surface area (Å²) in [6.07, 6.45) is 0.347. The lowest BCUT2D eigenvalue weighted by Crippen LogP contribution is -2.21. The molecular weight excluding hydrogens is 290 g/mol. The molecule has 3 N–H and O–H groups in total. The Morgan fingerprint density at radius 2 is 2.19 bits per heavy atom. The quantitative estimate of drug-likeness (QED) is 0.878. The Balaban J connectivity index is 2.42. The van der Waals surface area contributed by atoms with Gasteiger partial charge in [-0.25, -0.2) is 0 Å². The highest BCUT2D eigenvalue weighted by Gasteiger charge is 2.30. The zero-order valence-electron chi connectivity index (χ0n) is 12.9. The van der Waals surface area contributed by atoms with E-state index < -0.39 is 0 Å². The Bertz CT molecular complexity index is 528. The largest absolute Gasteiger partial charge is 0.486 e. The molecule has 118 valence electrons. The maximum atomic E-state index is 12.2. The highest BCUT2D eigenvalue weighted by Crippen LogP contribution is 2.46. The summed E-state index contributed by atoms with van der Waals surface area (Å²) in [7, 11) is 3.40. The first-order valence-corrected chi connectivity index (χ1v) is 7.86. The second-order valence-electron chi connectivity index (χ2n) is 5.73. The molecule has 1 amide bonds. The maximum Gasteiger partial charge on any atom is 0.265 e. The lowest BCUT2D eigenvalue weighted by Gasteiger charge is -2.19.